The number of carbonyl (C=O) groups excluding carboxylic acids is 4. The zero-order valence-corrected chi connectivity index (χ0v) is 20.8. The molecule has 0 bridgehead atoms. The van der Waals surface area contributed by atoms with E-state index in [-0.39, 0.29) is 12.1 Å². The lowest BCUT2D eigenvalue weighted by Gasteiger charge is -2.39. The van der Waals surface area contributed by atoms with E-state index in [0.29, 0.717) is 52.0 Å². The van der Waals surface area contributed by atoms with Gasteiger partial charge in [-0.05, 0) is 31.7 Å². The minimum Gasteiger partial charge on any atom is -0.378 e. The number of carbonyl (C=O) groups is 4. The summed E-state index contributed by atoms with van der Waals surface area (Å²) in [6.45, 7) is 5.59. The Hall–Kier alpha value is -2.94. The first kappa shape index (κ1) is 26.7. The zero-order valence-electron chi connectivity index (χ0n) is 20.8. The Morgan fingerprint density at radius 3 is 2.29 bits per heavy atom. The molecule has 9 nitrogen and oxygen atoms in total. The fourth-order valence-electron chi connectivity index (χ4n) is 4.72. The van der Waals surface area contributed by atoms with Gasteiger partial charge in [-0.1, -0.05) is 62.9 Å². The molecule has 1 heterocycles. The third kappa shape index (κ3) is 7.04. The normalized spacial score (nSPS) is 19.2. The average Bonchev–Trinajstić information content (AvgIpc) is 2.89. The van der Waals surface area contributed by atoms with Gasteiger partial charge in [0.15, 0.2) is 0 Å². The molecule has 4 amide bonds. The lowest BCUT2D eigenvalue weighted by molar-refractivity contribution is -0.141. The molecule has 35 heavy (non-hydrogen) atoms. The van der Waals surface area contributed by atoms with Gasteiger partial charge >= 0.3 is 6.03 Å². The quantitative estimate of drug-likeness (QED) is 0.464. The van der Waals surface area contributed by atoms with Crippen LogP contribution < -0.4 is 16.0 Å². The van der Waals surface area contributed by atoms with Crippen LogP contribution in [0.5, 0.6) is 0 Å². The molecule has 192 valence electrons. The van der Waals surface area contributed by atoms with Crippen molar-refractivity contribution in [1.29, 1.82) is 0 Å². The molecule has 1 aromatic rings. The van der Waals surface area contributed by atoms with E-state index < -0.39 is 29.2 Å². The number of morpholine rings is 1. The molecule has 3 rings (SSSR count). The Labute approximate surface area is 207 Å². The van der Waals surface area contributed by atoms with Crippen LogP contribution in [0.15, 0.2) is 30.3 Å². The van der Waals surface area contributed by atoms with Crippen LogP contribution in [-0.2, 0) is 19.1 Å². The number of ether oxygens (including phenoxy) is 1. The number of nitrogens with zero attached hydrogens (tertiary/aromatic N) is 1. The van der Waals surface area contributed by atoms with Gasteiger partial charge in [0.2, 0.25) is 11.7 Å². The van der Waals surface area contributed by atoms with E-state index in [2.05, 4.69) is 16.0 Å². The highest BCUT2D eigenvalue weighted by Crippen LogP contribution is 2.29. The number of ketones is 1. The molecule has 2 fully saturated rings. The van der Waals surface area contributed by atoms with Crippen LogP contribution in [0.1, 0.15) is 70.4 Å². The first-order valence-corrected chi connectivity index (χ1v) is 12.7. The van der Waals surface area contributed by atoms with Gasteiger partial charge in [-0.3, -0.25) is 14.4 Å². The van der Waals surface area contributed by atoms with Crippen molar-refractivity contribution in [2.45, 2.75) is 76.4 Å². The molecular weight excluding hydrogens is 448 g/mol. The largest absolute Gasteiger partial charge is 0.378 e. The standard InChI is InChI=1S/C26H38N4O5/c1-3-10-21(22(31)23(32)27-19(2)20-11-6-4-7-12-20)28-24(33)26(13-8-5-9-14-26)29-25(34)30-15-17-35-18-16-30/h4,6-7,11-12,19,21H,3,5,8-10,13-18H2,1-2H3,(H,27,32)(H,28,33)(H,29,34)/t19-,21+/m1/s1. The molecule has 1 aliphatic carbocycles. The van der Waals surface area contributed by atoms with Gasteiger partial charge in [-0.15, -0.1) is 0 Å². The van der Waals surface area contributed by atoms with Crippen molar-refractivity contribution in [2.75, 3.05) is 26.3 Å². The summed E-state index contributed by atoms with van der Waals surface area (Å²) in [6.07, 6.45) is 4.55. The molecule has 2 atom stereocenters. The van der Waals surface area contributed by atoms with E-state index in [4.69, 9.17) is 4.74 Å². The molecule has 0 spiro atoms. The number of benzene rings is 1. The highest BCUT2D eigenvalue weighted by atomic mass is 16.5. The van der Waals surface area contributed by atoms with Crippen molar-refractivity contribution < 1.29 is 23.9 Å². The molecule has 0 radical (unpaired) electrons. The van der Waals surface area contributed by atoms with Crippen LogP contribution in [0.25, 0.3) is 0 Å². The maximum absolute atomic E-state index is 13.5. The number of amides is 4. The van der Waals surface area contributed by atoms with Crippen LogP contribution in [0.3, 0.4) is 0 Å². The number of nitrogens with one attached hydrogen (secondary N) is 3. The molecule has 1 aliphatic heterocycles. The van der Waals surface area contributed by atoms with E-state index >= 15 is 0 Å². The Kier molecular flexibility index (Phi) is 9.65. The molecule has 2 aliphatic rings. The van der Waals surface area contributed by atoms with Crippen LogP contribution in [-0.4, -0.2) is 66.4 Å². The summed E-state index contributed by atoms with van der Waals surface area (Å²) in [6, 6.07) is 7.80. The highest BCUT2D eigenvalue weighted by Gasteiger charge is 2.43. The topological polar surface area (TPSA) is 117 Å². The SMILES string of the molecule is CCC[C@H](NC(=O)C1(NC(=O)N2CCOCC2)CCCCC1)C(=O)C(=O)N[C@H](C)c1ccccc1. The van der Waals surface area contributed by atoms with Crippen molar-refractivity contribution in [1.82, 2.24) is 20.9 Å². The van der Waals surface area contributed by atoms with Gasteiger partial charge in [0.1, 0.15) is 5.54 Å². The molecular formula is C26H38N4O5. The van der Waals surface area contributed by atoms with Crippen molar-refractivity contribution in [3.63, 3.8) is 0 Å². The van der Waals surface area contributed by atoms with E-state index in [0.717, 1.165) is 24.8 Å². The van der Waals surface area contributed by atoms with Crippen LogP contribution in [0, 0.1) is 0 Å². The fraction of sp³-hybridized carbons (Fsp3) is 0.615. The summed E-state index contributed by atoms with van der Waals surface area (Å²) in [4.78, 5) is 53.9. The second-order valence-corrected chi connectivity index (χ2v) is 9.46. The molecule has 1 saturated heterocycles. The molecule has 3 N–H and O–H groups in total. The Morgan fingerprint density at radius 1 is 1.00 bits per heavy atom. The number of Topliss-reactive ketones (excluding diaryl/α,β-unsaturated/α-hetero) is 1. The van der Waals surface area contributed by atoms with Crippen molar-refractivity contribution in [3.05, 3.63) is 35.9 Å². The molecule has 1 saturated carbocycles. The van der Waals surface area contributed by atoms with Gasteiger partial charge in [0.25, 0.3) is 5.91 Å². The van der Waals surface area contributed by atoms with E-state index in [1.54, 1.807) is 4.90 Å². The first-order valence-electron chi connectivity index (χ1n) is 12.7. The summed E-state index contributed by atoms with van der Waals surface area (Å²) in [5, 5.41) is 8.55. The van der Waals surface area contributed by atoms with E-state index in [1.807, 2.05) is 44.2 Å². The smallest absolute Gasteiger partial charge is 0.318 e. The number of rotatable bonds is 9. The van der Waals surface area contributed by atoms with Gasteiger partial charge in [-0.25, -0.2) is 4.79 Å². The number of urea groups is 1. The zero-order chi connectivity index (χ0) is 25.3. The second kappa shape index (κ2) is 12.7. The van der Waals surface area contributed by atoms with Crippen molar-refractivity contribution >= 4 is 23.6 Å². The first-order chi connectivity index (χ1) is 16.9. The molecule has 0 unspecified atom stereocenters. The summed E-state index contributed by atoms with van der Waals surface area (Å²) >= 11 is 0. The lowest BCUT2D eigenvalue weighted by Crippen LogP contribution is -2.64. The van der Waals surface area contributed by atoms with Gasteiger partial charge in [0, 0.05) is 13.1 Å². The Balaban J connectivity index is 1.68. The fourth-order valence-corrected chi connectivity index (χ4v) is 4.72. The lowest BCUT2D eigenvalue weighted by atomic mass is 9.80. The predicted molar refractivity (Wildman–Crippen MR) is 132 cm³/mol. The maximum Gasteiger partial charge on any atom is 0.318 e. The number of hydrogen-bond donors (Lipinski definition) is 3. The molecule has 0 aromatic heterocycles. The predicted octanol–water partition coefficient (Wildman–Crippen LogP) is 2.46. The van der Waals surface area contributed by atoms with E-state index in [1.165, 1.54) is 0 Å². The maximum atomic E-state index is 13.5. The third-order valence-electron chi connectivity index (χ3n) is 6.86. The van der Waals surface area contributed by atoms with Gasteiger partial charge in [0.05, 0.1) is 25.3 Å². The van der Waals surface area contributed by atoms with Crippen LogP contribution in [0.2, 0.25) is 0 Å². The number of hydrogen-bond acceptors (Lipinski definition) is 5. The minimum absolute atomic E-state index is 0.293. The summed E-state index contributed by atoms with van der Waals surface area (Å²) in [7, 11) is 0. The van der Waals surface area contributed by atoms with Crippen LogP contribution >= 0.6 is 0 Å². The van der Waals surface area contributed by atoms with Gasteiger partial charge in [-0.2, -0.15) is 0 Å². The van der Waals surface area contributed by atoms with Crippen LogP contribution in [0.4, 0.5) is 4.79 Å². The van der Waals surface area contributed by atoms with Gasteiger partial charge < -0.3 is 25.6 Å². The Morgan fingerprint density at radius 2 is 1.66 bits per heavy atom. The molecule has 1 aromatic carbocycles. The average molecular weight is 487 g/mol. The summed E-state index contributed by atoms with van der Waals surface area (Å²) < 4.78 is 5.32. The summed E-state index contributed by atoms with van der Waals surface area (Å²) in [5.41, 5.74) is -0.204. The Bertz CT molecular complexity index is 879. The monoisotopic (exact) mass is 486 g/mol. The highest BCUT2D eigenvalue weighted by molar-refractivity contribution is 6.38. The van der Waals surface area contributed by atoms with Crippen molar-refractivity contribution in [2.24, 2.45) is 0 Å². The third-order valence-corrected chi connectivity index (χ3v) is 6.86. The van der Waals surface area contributed by atoms with Crippen molar-refractivity contribution in [3.8, 4) is 0 Å². The summed E-state index contributed by atoms with van der Waals surface area (Å²) in [5.74, 6) is -1.79. The minimum atomic E-state index is -1.09. The second-order valence-electron chi connectivity index (χ2n) is 9.46. The molecule has 9 heteroatoms. The van der Waals surface area contributed by atoms with E-state index in [9.17, 15) is 19.2 Å².